The minimum atomic E-state index is -1.12. The molecule has 0 bridgehead atoms. The van der Waals surface area contributed by atoms with Crippen LogP contribution in [0.25, 0.3) is 0 Å². The van der Waals surface area contributed by atoms with Crippen molar-refractivity contribution in [1.29, 1.82) is 0 Å². The molecule has 0 atom stereocenters. The number of carboxylic acid groups (broad SMARTS) is 1. The molecule has 1 N–H and O–H groups in total. The van der Waals surface area contributed by atoms with Crippen LogP contribution in [-0.2, 0) is 4.74 Å². The van der Waals surface area contributed by atoms with E-state index < -0.39 is 11.9 Å². The van der Waals surface area contributed by atoms with E-state index in [1.807, 2.05) is 0 Å². The van der Waals surface area contributed by atoms with Crippen LogP contribution in [0.15, 0.2) is 24.3 Å². The van der Waals surface area contributed by atoms with Gasteiger partial charge in [0.25, 0.3) is 0 Å². The fraction of sp³-hybridized carbons (Fsp3) is 0.529. The topological polar surface area (TPSA) is 63.6 Å². The molecule has 116 valence electrons. The van der Waals surface area contributed by atoms with Crippen LogP contribution in [-0.4, -0.2) is 23.7 Å². The van der Waals surface area contributed by atoms with Gasteiger partial charge in [-0.25, -0.2) is 9.59 Å². The second-order valence-corrected chi connectivity index (χ2v) is 6.36. The van der Waals surface area contributed by atoms with E-state index >= 15 is 0 Å². The Morgan fingerprint density at radius 3 is 2.24 bits per heavy atom. The first-order chi connectivity index (χ1) is 9.81. The van der Waals surface area contributed by atoms with E-state index in [0.717, 1.165) is 25.7 Å². The van der Waals surface area contributed by atoms with Crippen molar-refractivity contribution in [3.8, 4) is 0 Å². The Morgan fingerprint density at radius 2 is 1.67 bits per heavy atom. The summed E-state index contributed by atoms with van der Waals surface area (Å²) >= 11 is 0. The predicted molar refractivity (Wildman–Crippen MR) is 81.6 cm³/mol. The van der Waals surface area contributed by atoms with E-state index in [4.69, 9.17) is 9.84 Å². The van der Waals surface area contributed by atoms with Gasteiger partial charge in [0, 0.05) is 0 Å². The van der Waals surface area contributed by atoms with Crippen molar-refractivity contribution in [3.63, 3.8) is 0 Å². The maximum atomic E-state index is 11.9. The summed E-state index contributed by atoms with van der Waals surface area (Å²) in [5.41, 5.74) is 0.423. The monoisotopic (exact) mass is 292 g/mol. The molecule has 1 aromatic carbocycles. The molecule has 0 heterocycles. The van der Waals surface area contributed by atoms with Crippen molar-refractivity contribution < 1.29 is 19.4 Å². The standard InChI is InChI=1S/C17H24O4/c1-17(2,3)11-7-4-8-12-21-16(20)14-10-6-5-9-13(14)15(18)19/h5-6,9-10H,4,7-8,11-12H2,1-3H3,(H,18,19). The molecule has 0 aromatic heterocycles. The van der Waals surface area contributed by atoms with E-state index in [0.29, 0.717) is 12.0 Å². The molecule has 4 heteroatoms. The Labute approximate surface area is 126 Å². The lowest BCUT2D eigenvalue weighted by molar-refractivity contribution is 0.0486. The van der Waals surface area contributed by atoms with Gasteiger partial charge in [0.2, 0.25) is 0 Å². The van der Waals surface area contributed by atoms with Crippen LogP contribution < -0.4 is 0 Å². The molecule has 21 heavy (non-hydrogen) atoms. The Kier molecular flexibility index (Phi) is 6.40. The van der Waals surface area contributed by atoms with Gasteiger partial charge in [-0.15, -0.1) is 0 Å². The van der Waals surface area contributed by atoms with Crippen molar-refractivity contribution in [3.05, 3.63) is 35.4 Å². The zero-order valence-corrected chi connectivity index (χ0v) is 13.0. The molecule has 0 fully saturated rings. The van der Waals surface area contributed by atoms with Crippen LogP contribution in [0.5, 0.6) is 0 Å². The second-order valence-electron chi connectivity index (χ2n) is 6.36. The average Bonchev–Trinajstić information content (AvgIpc) is 2.41. The third-order valence-corrected chi connectivity index (χ3v) is 3.18. The molecule has 0 unspecified atom stereocenters. The van der Waals surface area contributed by atoms with Gasteiger partial charge in [0.1, 0.15) is 0 Å². The summed E-state index contributed by atoms with van der Waals surface area (Å²) in [4.78, 5) is 22.9. The van der Waals surface area contributed by atoms with E-state index in [1.165, 1.54) is 12.1 Å². The highest BCUT2D eigenvalue weighted by atomic mass is 16.5. The zero-order chi connectivity index (χ0) is 15.9. The first-order valence-corrected chi connectivity index (χ1v) is 7.31. The van der Waals surface area contributed by atoms with Crippen molar-refractivity contribution in [2.24, 2.45) is 5.41 Å². The Morgan fingerprint density at radius 1 is 1.05 bits per heavy atom. The molecule has 0 spiro atoms. The van der Waals surface area contributed by atoms with Crippen molar-refractivity contribution in [2.75, 3.05) is 6.61 Å². The molecule has 1 aromatic rings. The SMILES string of the molecule is CC(C)(C)CCCCCOC(=O)c1ccccc1C(=O)O. The van der Waals surface area contributed by atoms with Gasteiger partial charge in [-0.3, -0.25) is 0 Å². The van der Waals surface area contributed by atoms with Gasteiger partial charge in [0.05, 0.1) is 17.7 Å². The minimum Gasteiger partial charge on any atom is -0.478 e. The summed E-state index contributed by atoms with van der Waals surface area (Å²) in [6, 6.07) is 6.10. The molecule has 0 aliphatic heterocycles. The number of hydrogen-bond donors (Lipinski definition) is 1. The van der Waals surface area contributed by atoms with E-state index in [1.54, 1.807) is 12.1 Å². The Balaban J connectivity index is 2.37. The first kappa shape index (κ1) is 17.2. The quantitative estimate of drug-likeness (QED) is 0.605. The lowest BCUT2D eigenvalue weighted by atomic mass is 9.89. The normalized spacial score (nSPS) is 11.2. The number of rotatable bonds is 7. The summed E-state index contributed by atoms with van der Waals surface area (Å²) in [5.74, 6) is -1.68. The number of carbonyl (C=O) groups excluding carboxylic acids is 1. The largest absolute Gasteiger partial charge is 0.478 e. The van der Waals surface area contributed by atoms with Crippen LogP contribution >= 0.6 is 0 Å². The number of ether oxygens (including phenoxy) is 1. The van der Waals surface area contributed by atoms with Crippen LogP contribution in [0, 0.1) is 5.41 Å². The molecule has 0 amide bonds. The fourth-order valence-corrected chi connectivity index (χ4v) is 2.02. The number of carboxylic acids is 1. The van der Waals surface area contributed by atoms with Gasteiger partial charge >= 0.3 is 11.9 Å². The molecule has 0 saturated heterocycles. The lowest BCUT2D eigenvalue weighted by Crippen LogP contribution is -2.12. The van der Waals surface area contributed by atoms with Crippen molar-refractivity contribution >= 4 is 11.9 Å². The molecule has 0 aliphatic carbocycles. The van der Waals surface area contributed by atoms with E-state index in [9.17, 15) is 9.59 Å². The highest BCUT2D eigenvalue weighted by Gasteiger charge is 2.16. The summed E-state index contributed by atoms with van der Waals surface area (Å²) in [7, 11) is 0. The predicted octanol–water partition coefficient (Wildman–Crippen LogP) is 4.15. The van der Waals surface area contributed by atoms with Crippen LogP contribution in [0.2, 0.25) is 0 Å². The zero-order valence-electron chi connectivity index (χ0n) is 13.0. The van der Waals surface area contributed by atoms with Crippen LogP contribution in [0.1, 0.15) is 67.2 Å². The third-order valence-electron chi connectivity index (χ3n) is 3.18. The molecule has 1 rings (SSSR count). The molecule has 0 saturated carbocycles. The average molecular weight is 292 g/mol. The third kappa shape index (κ3) is 6.43. The van der Waals surface area contributed by atoms with Gasteiger partial charge < -0.3 is 9.84 Å². The second kappa shape index (κ2) is 7.81. The number of carbonyl (C=O) groups is 2. The maximum absolute atomic E-state index is 11.9. The molecular formula is C17H24O4. The summed E-state index contributed by atoms with van der Waals surface area (Å²) < 4.78 is 5.15. The Hall–Kier alpha value is -1.84. The maximum Gasteiger partial charge on any atom is 0.339 e. The van der Waals surface area contributed by atoms with E-state index in [2.05, 4.69) is 20.8 Å². The number of hydrogen-bond acceptors (Lipinski definition) is 3. The van der Waals surface area contributed by atoms with Crippen LogP contribution in [0.4, 0.5) is 0 Å². The first-order valence-electron chi connectivity index (χ1n) is 7.31. The van der Waals surface area contributed by atoms with Crippen LogP contribution in [0.3, 0.4) is 0 Å². The summed E-state index contributed by atoms with van der Waals surface area (Å²) in [5, 5.41) is 9.02. The summed E-state index contributed by atoms with van der Waals surface area (Å²) in [6.45, 7) is 6.94. The van der Waals surface area contributed by atoms with Crippen molar-refractivity contribution in [1.82, 2.24) is 0 Å². The highest BCUT2D eigenvalue weighted by Crippen LogP contribution is 2.22. The van der Waals surface area contributed by atoms with Crippen molar-refractivity contribution in [2.45, 2.75) is 46.5 Å². The van der Waals surface area contributed by atoms with Gasteiger partial charge in [-0.2, -0.15) is 0 Å². The molecular weight excluding hydrogens is 268 g/mol. The molecule has 4 nitrogen and oxygen atoms in total. The van der Waals surface area contributed by atoms with E-state index in [-0.39, 0.29) is 11.1 Å². The number of esters is 1. The lowest BCUT2D eigenvalue weighted by Gasteiger charge is -2.17. The van der Waals surface area contributed by atoms with Gasteiger partial charge in [-0.1, -0.05) is 45.7 Å². The molecule has 0 aliphatic rings. The summed E-state index contributed by atoms with van der Waals surface area (Å²) in [6.07, 6.45) is 4.05. The number of aromatic carboxylic acids is 1. The number of benzene rings is 1. The number of unbranched alkanes of at least 4 members (excludes halogenated alkanes) is 2. The van der Waals surface area contributed by atoms with Gasteiger partial charge in [0.15, 0.2) is 0 Å². The smallest absolute Gasteiger partial charge is 0.339 e. The highest BCUT2D eigenvalue weighted by molar-refractivity contribution is 6.02. The molecule has 0 radical (unpaired) electrons. The minimum absolute atomic E-state index is 0.0183. The fourth-order valence-electron chi connectivity index (χ4n) is 2.02. The van der Waals surface area contributed by atoms with Gasteiger partial charge in [-0.05, 0) is 30.4 Å². The Bertz CT molecular complexity index is 486.